The van der Waals surface area contributed by atoms with Gasteiger partial charge in [0.15, 0.2) is 5.82 Å². The fraction of sp³-hybridized carbons (Fsp3) is 0.158. The Hall–Kier alpha value is -3.44. The number of hydrogen-bond acceptors (Lipinski definition) is 9. The van der Waals surface area contributed by atoms with Gasteiger partial charge in [-0.2, -0.15) is 0 Å². The number of carbonyl (C=O) groups is 1. The summed E-state index contributed by atoms with van der Waals surface area (Å²) in [5.41, 5.74) is 4.55. The Morgan fingerprint density at radius 3 is 2.93 bits per heavy atom. The number of fused-ring (bicyclic) bond motifs is 3. The monoisotopic (exact) mass is 436 g/mol. The number of nitrogens with one attached hydrogen (secondary N) is 2. The Morgan fingerprint density at radius 2 is 2.13 bits per heavy atom. The molecule has 2 N–H and O–H groups in total. The number of nitrogens with zero attached hydrogens (tertiary/aromatic N) is 6. The fourth-order valence-corrected chi connectivity index (χ4v) is 4.60. The molecule has 30 heavy (non-hydrogen) atoms. The Bertz CT molecular complexity index is 1370. The van der Waals surface area contributed by atoms with Crippen molar-refractivity contribution in [2.24, 2.45) is 7.05 Å². The Kier molecular flexibility index (Phi) is 4.60. The van der Waals surface area contributed by atoms with Crippen LogP contribution < -0.4 is 10.6 Å². The number of rotatable bonds is 5. The van der Waals surface area contributed by atoms with Gasteiger partial charge in [-0.3, -0.25) is 4.79 Å². The second-order valence-corrected chi connectivity index (χ2v) is 8.36. The van der Waals surface area contributed by atoms with Crippen LogP contribution in [-0.2, 0) is 13.6 Å². The van der Waals surface area contributed by atoms with E-state index in [0.29, 0.717) is 11.4 Å². The van der Waals surface area contributed by atoms with Crippen LogP contribution in [0.25, 0.3) is 32.0 Å². The highest BCUT2D eigenvalue weighted by Crippen LogP contribution is 2.35. The minimum atomic E-state index is -0.183. The lowest BCUT2D eigenvalue weighted by atomic mass is 10.1. The number of pyridine rings is 1. The van der Waals surface area contributed by atoms with E-state index in [1.54, 1.807) is 6.33 Å². The summed E-state index contributed by atoms with van der Waals surface area (Å²) in [7, 11) is 3.79. The summed E-state index contributed by atoms with van der Waals surface area (Å²) in [4.78, 5) is 27.5. The van der Waals surface area contributed by atoms with Gasteiger partial charge < -0.3 is 15.2 Å². The van der Waals surface area contributed by atoms with Gasteiger partial charge in [0.25, 0.3) is 5.91 Å². The first-order valence-corrected chi connectivity index (χ1v) is 10.7. The number of hydrogen-bond donors (Lipinski definition) is 2. The molecule has 1 amide bonds. The van der Waals surface area contributed by atoms with Crippen LogP contribution in [0.1, 0.15) is 15.2 Å². The topological polar surface area (TPSA) is 111 Å². The Balaban J connectivity index is 1.48. The molecule has 0 bridgehead atoms. The summed E-state index contributed by atoms with van der Waals surface area (Å²) in [5, 5.41) is 10.6. The van der Waals surface area contributed by atoms with E-state index in [0.717, 1.165) is 54.9 Å². The largest absolute Gasteiger partial charge is 0.371 e. The molecular weight excluding hydrogens is 420 g/mol. The molecule has 11 heteroatoms. The number of aryl methyl sites for hydroxylation is 1. The molecule has 0 atom stereocenters. The highest BCUT2D eigenvalue weighted by molar-refractivity contribution is 7.21. The molecule has 150 valence electrons. The molecule has 0 unspecified atom stereocenters. The van der Waals surface area contributed by atoms with Gasteiger partial charge in [-0.15, -0.1) is 5.10 Å². The van der Waals surface area contributed by atoms with Crippen molar-refractivity contribution in [3.63, 3.8) is 0 Å². The molecule has 0 aliphatic heterocycles. The molecule has 4 heterocycles. The van der Waals surface area contributed by atoms with Crippen molar-refractivity contribution in [1.29, 1.82) is 0 Å². The molecule has 0 aliphatic rings. The Morgan fingerprint density at radius 1 is 1.23 bits per heavy atom. The predicted octanol–water partition coefficient (Wildman–Crippen LogP) is 3.07. The van der Waals surface area contributed by atoms with E-state index in [2.05, 4.69) is 25.2 Å². The van der Waals surface area contributed by atoms with Crippen LogP contribution in [0.4, 0.5) is 5.82 Å². The summed E-state index contributed by atoms with van der Waals surface area (Å²) in [5.74, 6) is 0.556. The van der Waals surface area contributed by atoms with E-state index in [4.69, 9.17) is 9.97 Å². The number of benzene rings is 1. The minimum absolute atomic E-state index is 0.183. The van der Waals surface area contributed by atoms with Crippen LogP contribution in [-0.4, -0.2) is 42.1 Å². The highest BCUT2D eigenvalue weighted by atomic mass is 32.1. The second-order valence-electron chi connectivity index (χ2n) is 6.60. The van der Waals surface area contributed by atoms with Crippen LogP contribution in [0.2, 0.25) is 0 Å². The lowest BCUT2D eigenvalue weighted by molar-refractivity contribution is 0.0954. The van der Waals surface area contributed by atoms with Crippen LogP contribution in [0.15, 0.2) is 36.8 Å². The molecule has 0 saturated carbocycles. The van der Waals surface area contributed by atoms with Gasteiger partial charge in [-0.25, -0.2) is 15.0 Å². The van der Waals surface area contributed by atoms with Gasteiger partial charge >= 0.3 is 0 Å². The molecule has 0 radical (unpaired) electrons. The smallest absolute Gasteiger partial charge is 0.264 e. The predicted molar refractivity (Wildman–Crippen MR) is 118 cm³/mol. The molecule has 4 aromatic heterocycles. The first kappa shape index (κ1) is 18.6. The summed E-state index contributed by atoms with van der Waals surface area (Å²) in [6.45, 7) is 0.406. The second kappa shape index (κ2) is 7.43. The van der Waals surface area contributed by atoms with Crippen molar-refractivity contribution >= 4 is 56.0 Å². The molecule has 1 aromatic carbocycles. The van der Waals surface area contributed by atoms with Crippen LogP contribution in [0.5, 0.6) is 0 Å². The van der Waals surface area contributed by atoms with Gasteiger partial charge in [0.2, 0.25) is 0 Å². The highest BCUT2D eigenvalue weighted by Gasteiger charge is 2.17. The number of carbonyl (C=O) groups excluding carboxylic acids is 1. The van der Waals surface area contributed by atoms with Crippen LogP contribution >= 0.6 is 22.9 Å². The first-order chi connectivity index (χ1) is 14.6. The maximum atomic E-state index is 12.1. The van der Waals surface area contributed by atoms with Crippen molar-refractivity contribution in [2.75, 3.05) is 12.4 Å². The minimum Gasteiger partial charge on any atom is -0.371 e. The number of aromatic nitrogens is 6. The maximum absolute atomic E-state index is 12.1. The van der Waals surface area contributed by atoms with Gasteiger partial charge in [0.1, 0.15) is 31.3 Å². The van der Waals surface area contributed by atoms with Gasteiger partial charge in [0.05, 0.1) is 12.5 Å². The third kappa shape index (κ3) is 3.17. The first-order valence-electron chi connectivity index (χ1n) is 9.08. The summed E-state index contributed by atoms with van der Waals surface area (Å²) >= 11 is 2.61. The third-order valence-corrected chi connectivity index (χ3v) is 6.32. The van der Waals surface area contributed by atoms with E-state index in [9.17, 15) is 4.79 Å². The Labute approximate surface area is 179 Å². The van der Waals surface area contributed by atoms with Crippen LogP contribution in [0, 0.1) is 0 Å². The SMILES string of the molecule is CNc1nc2sc(-c3cccc(CNC(=O)c4cnns4)c3)nc2c2c1ncn2C. The van der Waals surface area contributed by atoms with E-state index < -0.39 is 0 Å². The summed E-state index contributed by atoms with van der Waals surface area (Å²) < 4.78 is 5.68. The standard InChI is InChI=1S/C19H16N8OS2/c1-20-16-13-15(27(2)9-22-13)14-19(25-16)29-18(24-14)11-5-3-4-10(6-11)7-21-17(28)12-8-23-26-30-12/h3-6,8-9H,7H2,1-2H3,(H,20,25)(H,21,28). The van der Waals surface area contributed by atoms with Gasteiger partial charge in [-0.05, 0) is 23.2 Å². The average molecular weight is 437 g/mol. The number of imidazole rings is 1. The third-order valence-electron chi connectivity index (χ3n) is 4.66. The molecule has 0 fully saturated rings. The normalized spacial score (nSPS) is 11.3. The molecular formula is C19H16N8OS2. The van der Waals surface area contributed by atoms with Gasteiger partial charge in [0, 0.05) is 26.2 Å². The lowest BCUT2D eigenvalue weighted by Gasteiger charge is -2.05. The molecule has 9 nitrogen and oxygen atoms in total. The molecule has 5 rings (SSSR count). The zero-order valence-corrected chi connectivity index (χ0v) is 17.7. The average Bonchev–Trinajstić information content (AvgIpc) is 3.51. The molecule has 0 spiro atoms. The molecule has 0 aliphatic carbocycles. The van der Waals surface area contributed by atoms with Crippen LogP contribution in [0.3, 0.4) is 0 Å². The van der Waals surface area contributed by atoms with Crippen molar-refractivity contribution in [3.8, 4) is 10.6 Å². The zero-order chi connectivity index (χ0) is 20.7. The van der Waals surface area contributed by atoms with E-state index in [1.807, 2.05) is 42.9 Å². The lowest BCUT2D eigenvalue weighted by Crippen LogP contribution is -2.21. The number of thiazole rings is 1. The van der Waals surface area contributed by atoms with Gasteiger partial charge in [-0.1, -0.05) is 34.0 Å². The van der Waals surface area contributed by atoms with E-state index >= 15 is 0 Å². The summed E-state index contributed by atoms with van der Waals surface area (Å²) in [6, 6.07) is 7.97. The molecule has 0 saturated heterocycles. The zero-order valence-electron chi connectivity index (χ0n) is 16.1. The molecule has 5 aromatic rings. The number of anilines is 1. The quantitative estimate of drug-likeness (QED) is 0.436. The van der Waals surface area contributed by atoms with E-state index in [-0.39, 0.29) is 5.91 Å². The number of amides is 1. The van der Waals surface area contributed by atoms with E-state index in [1.165, 1.54) is 17.5 Å². The van der Waals surface area contributed by atoms with Crippen molar-refractivity contribution in [1.82, 2.24) is 34.4 Å². The maximum Gasteiger partial charge on any atom is 0.264 e. The fourth-order valence-electron chi connectivity index (χ4n) is 3.23. The van der Waals surface area contributed by atoms with Crippen molar-refractivity contribution in [3.05, 3.63) is 47.2 Å². The summed E-state index contributed by atoms with van der Waals surface area (Å²) in [6.07, 6.45) is 3.23. The van der Waals surface area contributed by atoms with Crippen molar-refractivity contribution < 1.29 is 4.79 Å². The van der Waals surface area contributed by atoms with Crippen molar-refractivity contribution in [2.45, 2.75) is 6.54 Å².